The Labute approximate surface area is 157 Å². The maximum atomic E-state index is 12.2. The van der Waals surface area contributed by atoms with Gasteiger partial charge in [-0.15, -0.1) is 0 Å². The molecule has 0 saturated carbocycles. The quantitative estimate of drug-likeness (QED) is 0.787. The third-order valence-corrected chi connectivity index (χ3v) is 5.23. The Morgan fingerprint density at radius 3 is 2.80 bits per heavy atom. The molecule has 0 spiro atoms. The molecule has 0 atom stereocenters. The van der Waals surface area contributed by atoms with Gasteiger partial charge < -0.3 is 10.1 Å². The molecule has 2 amide bonds. The minimum Gasteiger partial charge on any atom is -0.453 e. The average molecular weight is 425 g/mol. The van der Waals surface area contributed by atoms with E-state index in [1.807, 2.05) is 24.3 Å². The Balaban J connectivity index is 1.56. The first kappa shape index (κ1) is 17.8. The molecule has 25 heavy (non-hydrogen) atoms. The van der Waals surface area contributed by atoms with Crippen molar-refractivity contribution in [1.29, 1.82) is 0 Å². The van der Waals surface area contributed by atoms with Crippen molar-refractivity contribution in [3.8, 4) is 0 Å². The van der Waals surface area contributed by atoms with Gasteiger partial charge in [0.1, 0.15) is 0 Å². The summed E-state index contributed by atoms with van der Waals surface area (Å²) >= 11 is 4.78. The Hall–Kier alpha value is -1.97. The molecule has 0 aliphatic carbocycles. The van der Waals surface area contributed by atoms with Crippen LogP contribution in [0.3, 0.4) is 0 Å². The van der Waals surface area contributed by atoms with Crippen molar-refractivity contribution in [2.45, 2.75) is 13.0 Å². The lowest BCUT2D eigenvalue weighted by Crippen LogP contribution is -2.36. The van der Waals surface area contributed by atoms with Gasteiger partial charge in [0.25, 0.3) is 0 Å². The molecule has 132 valence electrons. The molecule has 2 N–H and O–H groups in total. The fourth-order valence-corrected chi connectivity index (χ4v) is 3.81. The van der Waals surface area contributed by atoms with E-state index in [1.165, 1.54) is 18.4 Å². The second-order valence-electron chi connectivity index (χ2n) is 5.52. The number of carbonyl (C=O) groups is 2. The molecule has 0 radical (unpaired) electrons. The number of benzene rings is 1. The van der Waals surface area contributed by atoms with E-state index in [9.17, 15) is 9.59 Å². The number of hydrogen-bond donors (Lipinski definition) is 2. The number of rotatable bonds is 4. The van der Waals surface area contributed by atoms with Gasteiger partial charge in [-0.25, -0.2) is 9.78 Å². The van der Waals surface area contributed by atoms with E-state index < -0.39 is 6.09 Å². The molecule has 7 nitrogen and oxygen atoms in total. The predicted octanol–water partition coefficient (Wildman–Crippen LogP) is 3.08. The lowest BCUT2D eigenvalue weighted by Gasteiger charge is -2.25. The summed E-state index contributed by atoms with van der Waals surface area (Å²) in [4.78, 5) is 31.0. The van der Waals surface area contributed by atoms with E-state index in [0.717, 1.165) is 33.7 Å². The number of methoxy groups -OCH3 is 1. The van der Waals surface area contributed by atoms with E-state index in [1.54, 1.807) is 0 Å². The van der Waals surface area contributed by atoms with Gasteiger partial charge in [-0.2, -0.15) is 0 Å². The molecule has 1 aromatic carbocycles. The van der Waals surface area contributed by atoms with Crippen LogP contribution in [0.2, 0.25) is 0 Å². The predicted molar refractivity (Wildman–Crippen MR) is 99.9 cm³/mol. The zero-order valence-electron chi connectivity index (χ0n) is 13.5. The summed E-state index contributed by atoms with van der Waals surface area (Å²) in [5.41, 5.74) is 1.74. The van der Waals surface area contributed by atoms with E-state index in [2.05, 4.69) is 41.2 Å². The normalized spacial score (nSPS) is 13.8. The van der Waals surface area contributed by atoms with Gasteiger partial charge in [-0.05, 0) is 24.3 Å². The maximum Gasteiger partial charge on any atom is 0.413 e. The van der Waals surface area contributed by atoms with Gasteiger partial charge in [0.2, 0.25) is 5.91 Å². The van der Waals surface area contributed by atoms with Crippen LogP contribution in [0.25, 0.3) is 0 Å². The number of hydrogen-bond acceptors (Lipinski definition) is 6. The van der Waals surface area contributed by atoms with Crippen molar-refractivity contribution >= 4 is 50.1 Å². The van der Waals surface area contributed by atoms with Crippen LogP contribution in [0, 0.1) is 0 Å². The largest absolute Gasteiger partial charge is 0.453 e. The molecule has 0 bridgehead atoms. The van der Waals surface area contributed by atoms with Crippen LogP contribution in [0.4, 0.5) is 15.6 Å². The summed E-state index contributed by atoms with van der Waals surface area (Å²) in [7, 11) is 1.31. The van der Waals surface area contributed by atoms with Gasteiger partial charge >= 0.3 is 6.09 Å². The number of halogens is 1. The lowest BCUT2D eigenvalue weighted by atomic mass is 10.2. The summed E-state index contributed by atoms with van der Waals surface area (Å²) in [5, 5.41) is 6.00. The molecule has 0 unspecified atom stereocenters. The summed E-state index contributed by atoms with van der Waals surface area (Å²) < 4.78 is 5.54. The van der Waals surface area contributed by atoms with Gasteiger partial charge in [0.05, 0.1) is 19.3 Å². The van der Waals surface area contributed by atoms with Crippen LogP contribution in [-0.4, -0.2) is 42.1 Å². The van der Waals surface area contributed by atoms with Crippen molar-refractivity contribution in [3.05, 3.63) is 39.3 Å². The summed E-state index contributed by atoms with van der Waals surface area (Å²) in [6.45, 7) is 1.71. The van der Waals surface area contributed by atoms with Gasteiger partial charge in [-0.3, -0.25) is 15.0 Å². The zero-order valence-corrected chi connectivity index (χ0v) is 15.9. The topological polar surface area (TPSA) is 83.6 Å². The van der Waals surface area contributed by atoms with Gasteiger partial charge in [0, 0.05) is 34.5 Å². The minimum atomic E-state index is -0.531. The third kappa shape index (κ3) is 4.77. The summed E-state index contributed by atoms with van der Waals surface area (Å²) in [5.74, 6) is -0.0526. The van der Waals surface area contributed by atoms with Crippen molar-refractivity contribution < 1.29 is 14.3 Å². The highest BCUT2D eigenvalue weighted by Crippen LogP contribution is 2.28. The lowest BCUT2D eigenvalue weighted by molar-refractivity contribution is -0.117. The Bertz CT molecular complexity index is 778. The number of anilines is 2. The molecular weight excluding hydrogens is 408 g/mol. The highest BCUT2D eigenvalue weighted by atomic mass is 79.9. The van der Waals surface area contributed by atoms with E-state index >= 15 is 0 Å². The molecule has 1 aliphatic heterocycles. The first-order chi connectivity index (χ1) is 12.0. The molecular formula is C16H17BrN4O3S. The first-order valence-corrected chi connectivity index (χ1v) is 9.26. The fourth-order valence-electron chi connectivity index (χ4n) is 2.51. The molecule has 9 heteroatoms. The molecule has 0 saturated heterocycles. The fraction of sp³-hybridized carbons (Fsp3) is 0.312. The maximum absolute atomic E-state index is 12.2. The number of amides is 2. The van der Waals surface area contributed by atoms with Crippen molar-refractivity contribution in [3.63, 3.8) is 0 Å². The van der Waals surface area contributed by atoms with Crippen molar-refractivity contribution in [1.82, 2.24) is 9.88 Å². The summed E-state index contributed by atoms with van der Waals surface area (Å²) in [6, 6.07) is 7.47. The van der Waals surface area contributed by atoms with Crippen molar-refractivity contribution in [2.24, 2.45) is 0 Å². The minimum absolute atomic E-state index is 0.0526. The standard InChI is InChI=1S/C16H17BrN4O3S/c1-24-16(23)20-15-19-12-6-7-21(8-13(12)25-15)9-14(22)18-11-4-2-10(17)3-5-11/h2-5H,6-9H2,1H3,(H,18,22)(H,19,20,23). The number of aromatic nitrogens is 1. The molecule has 0 fully saturated rings. The van der Waals surface area contributed by atoms with Gasteiger partial charge in [0.15, 0.2) is 5.13 Å². The number of nitrogens with zero attached hydrogens (tertiary/aromatic N) is 2. The third-order valence-electron chi connectivity index (χ3n) is 3.70. The monoisotopic (exact) mass is 424 g/mol. The molecule has 1 aliphatic rings. The molecule has 2 heterocycles. The van der Waals surface area contributed by atoms with E-state index in [0.29, 0.717) is 18.2 Å². The average Bonchev–Trinajstić information content (AvgIpc) is 2.98. The second-order valence-corrected chi connectivity index (χ2v) is 7.52. The number of carbonyl (C=O) groups excluding carboxylic acids is 2. The Kier molecular flexibility index (Phi) is 5.67. The van der Waals surface area contributed by atoms with Crippen LogP contribution in [0.1, 0.15) is 10.6 Å². The van der Waals surface area contributed by atoms with Gasteiger partial charge in [-0.1, -0.05) is 27.3 Å². The Morgan fingerprint density at radius 1 is 1.32 bits per heavy atom. The SMILES string of the molecule is COC(=O)Nc1nc2c(s1)CN(CC(=O)Nc1ccc(Br)cc1)CC2. The smallest absolute Gasteiger partial charge is 0.413 e. The molecule has 3 rings (SSSR count). The van der Waals surface area contributed by atoms with Crippen LogP contribution < -0.4 is 10.6 Å². The van der Waals surface area contributed by atoms with Crippen molar-refractivity contribution in [2.75, 3.05) is 30.8 Å². The number of fused-ring (bicyclic) bond motifs is 1. The number of thiazole rings is 1. The zero-order chi connectivity index (χ0) is 17.8. The summed E-state index contributed by atoms with van der Waals surface area (Å²) in [6.07, 6.45) is 0.220. The van der Waals surface area contributed by atoms with Crippen LogP contribution in [-0.2, 0) is 22.5 Å². The highest BCUT2D eigenvalue weighted by molar-refractivity contribution is 9.10. The Morgan fingerprint density at radius 2 is 2.08 bits per heavy atom. The van der Waals surface area contributed by atoms with Crippen LogP contribution in [0.15, 0.2) is 28.7 Å². The number of nitrogens with one attached hydrogen (secondary N) is 2. The number of ether oxygens (including phenoxy) is 1. The van der Waals surface area contributed by atoms with Crippen LogP contribution >= 0.6 is 27.3 Å². The second kappa shape index (κ2) is 7.94. The first-order valence-electron chi connectivity index (χ1n) is 7.65. The molecule has 2 aromatic rings. The molecule has 1 aromatic heterocycles. The highest BCUT2D eigenvalue weighted by Gasteiger charge is 2.23. The van der Waals surface area contributed by atoms with E-state index in [-0.39, 0.29) is 5.91 Å². The van der Waals surface area contributed by atoms with E-state index in [4.69, 9.17) is 0 Å². The van der Waals surface area contributed by atoms with Crippen LogP contribution in [0.5, 0.6) is 0 Å².